The number of benzene rings is 3. The van der Waals surface area contributed by atoms with Gasteiger partial charge >= 0.3 is 0 Å². The van der Waals surface area contributed by atoms with E-state index in [4.69, 9.17) is 19.6 Å². The number of aliphatic hydroxyl groups is 1. The fraction of sp³-hybridized carbons (Fsp3) is 0.290. The van der Waals surface area contributed by atoms with Crippen LogP contribution in [0.1, 0.15) is 35.6 Å². The normalized spacial score (nSPS) is 18.1. The molecular weight excluding hydrogens is 595 g/mol. The second kappa shape index (κ2) is 14.5. The molecule has 6 nitrogen and oxygen atoms in total. The van der Waals surface area contributed by atoms with E-state index in [1.54, 1.807) is 30.0 Å². The Morgan fingerprint density at radius 2 is 1.93 bits per heavy atom. The highest BCUT2D eigenvalue weighted by Gasteiger charge is 2.52. The number of nitrogens with one attached hydrogen (secondary N) is 1. The van der Waals surface area contributed by atoms with Gasteiger partial charge in [0.2, 0.25) is 5.90 Å². The average molecular weight is 628 g/mol. The Hall–Kier alpha value is -3.14. The summed E-state index contributed by atoms with van der Waals surface area (Å²) in [6.45, 7) is 4.84. The third kappa shape index (κ3) is 7.33. The van der Waals surface area contributed by atoms with Gasteiger partial charge in [0.1, 0.15) is 11.6 Å². The number of amides is 1. The zero-order valence-corrected chi connectivity index (χ0v) is 24.4. The van der Waals surface area contributed by atoms with Crippen molar-refractivity contribution in [2.45, 2.75) is 30.2 Å². The van der Waals surface area contributed by atoms with E-state index in [1.807, 2.05) is 48.5 Å². The number of thioether (sulfide) groups is 1. The van der Waals surface area contributed by atoms with Gasteiger partial charge < -0.3 is 19.9 Å². The molecule has 1 heterocycles. The lowest BCUT2D eigenvalue weighted by Gasteiger charge is -2.30. The SMILES string of the molecule is C=CC[C@@]1(C(=O)NCCSCc2ccc(F)cc2)N=C(c2ccc(OCCCO)cc2)O[C@@H]1c1ccccc1Br. The maximum atomic E-state index is 13.8. The molecular formula is C31H32BrFN2O4S. The van der Waals surface area contributed by atoms with Crippen LogP contribution in [-0.4, -0.2) is 48.0 Å². The first-order valence-electron chi connectivity index (χ1n) is 13.0. The van der Waals surface area contributed by atoms with E-state index in [0.717, 1.165) is 26.9 Å². The first-order valence-corrected chi connectivity index (χ1v) is 15.0. The van der Waals surface area contributed by atoms with Crippen LogP contribution in [-0.2, 0) is 15.3 Å². The third-order valence-corrected chi connectivity index (χ3v) is 8.14. The van der Waals surface area contributed by atoms with E-state index in [0.29, 0.717) is 37.0 Å². The van der Waals surface area contributed by atoms with Crippen LogP contribution in [0.3, 0.4) is 0 Å². The van der Waals surface area contributed by atoms with Crippen molar-refractivity contribution in [3.63, 3.8) is 0 Å². The van der Waals surface area contributed by atoms with E-state index in [9.17, 15) is 9.18 Å². The van der Waals surface area contributed by atoms with E-state index < -0.39 is 11.6 Å². The van der Waals surface area contributed by atoms with E-state index in [2.05, 4.69) is 27.8 Å². The zero-order chi connectivity index (χ0) is 28.4. The van der Waals surface area contributed by atoms with Crippen molar-refractivity contribution in [3.8, 4) is 5.75 Å². The van der Waals surface area contributed by atoms with Gasteiger partial charge in [0.15, 0.2) is 11.6 Å². The fourth-order valence-electron chi connectivity index (χ4n) is 4.36. The summed E-state index contributed by atoms with van der Waals surface area (Å²) in [4.78, 5) is 18.8. The maximum absolute atomic E-state index is 13.8. The molecule has 0 saturated heterocycles. The van der Waals surface area contributed by atoms with E-state index >= 15 is 0 Å². The molecule has 0 aromatic heterocycles. The Labute approximate surface area is 246 Å². The first-order chi connectivity index (χ1) is 19.5. The van der Waals surface area contributed by atoms with Gasteiger partial charge in [-0.25, -0.2) is 9.38 Å². The molecule has 0 unspecified atom stereocenters. The molecule has 2 atom stereocenters. The van der Waals surface area contributed by atoms with E-state index in [-0.39, 0.29) is 24.8 Å². The van der Waals surface area contributed by atoms with Gasteiger partial charge in [-0.3, -0.25) is 4.79 Å². The Morgan fingerprint density at radius 3 is 2.62 bits per heavy atom. The summed E-state index contributed by atoms with van der Waals surface area (Å²) in [5, 5.41) is 12.0. The van der Waals surface area contributed by atoms with Crippen molar-refractivity contribution in [2.75, 3.05) is 25.5 Å². The molecule has 40 heavy (non-hydrogen) atoms. The first kappa shape index (κ1) is 29.8. The van der Waals surface area contributed by atoms with Gasteiger partial charge in [0.05, 0.1) is 6.61 Å². The van der Waals surface area contributed by atoms with Gasteiger partial charge in [-0.15, -0.1) is 6.58 Å². The maximum Gasteiger partial charge on any atom is 0.252 e. The Bertz CT molecular complexity index is 1320. The predicted octanol–water partition coefficient (Wildman–Crippen LogP) is 6.23. The minimum Gasteiger partial charge on any atom is -0.494 e. The number of ether oxygens (including phenoxy) is 2. The van der Waals surface area contributed by atoms with Crippen molar-refractivity contribution in [2.24, 2.45) is 4.99 Å². The van der Waals surface area contributed by atoms with Crippen LogP contribution in [0.2, 0.25) is 0 Å². The van der Waals surface area contributed by atoms with Crippen molar-refractivity contribution < 1.29 is 23.8 Å². The number of carbonyl (C=O) groups excluding carboxylic acids is 1. The molecule has 0 saturated carbocycles. The quantitative estimate of drug-likeness (QED) is 0.164. The van der Waals surface area contributed by atoms with Crippen LogP contribution in [0.25, 0.3) is 0 Å². The van der Waals surface area contributed by atoms with E-state index in [1.165, 1.54) is 12.1 Å². The summed E-state index contributed by atoms with van der Waals surface area (Å²) in [5.74, 6) is 1.95. The van der Waals surface area contributed by atoms with Crippen LogP contribution in [0.4, 0.5) is 4.39 Å². The van der Waals surface area contributed by atoms with Gasteiger partial charge in [0, 0.05) is 53.1 Å². The summed E-state index contributed by atoms with van der Waals surface area (Å²) >= 11 is 5.28. The number of nitrogens with zero attached hydrogens (tertiary/aromatic N) is 1. The number of hydrogen-bond acceptors (Lipinski definition) is 6. The zero-order valence-electron chi connectivity index (χ0n) is 22.0. The second-order valence-corrected chi connectivity index (χ2v) is 11.2. The summed E-state index contributed by atoms with van der Waals surface area (Å²) in [7, 11) is 0. The molecule has 0 aliphatic carbocycles. The fourth-order valence-corrected chi connectivity index (χ4v) is 5.67. The highest BCUT2D eigenvalue weighted by molar-refractivity contribution is 9.10. The van der Waals surface area contributed by atoms with Gasteiger partial charge in [0.25, 0.3) is 5.91 Å². The predicted molar refractivity (Wildman–Crippen MR) is 161 cm³/mol. The second-order valence-electron chi connectivity index (χ2n) is 9.24. The summed E-state index contributed by atoms with van der Waals surface area (Å²) in [6.07, 6.45) is 1.85. The lowest BCUT2D eigenvalue weighted by atomic mass is 9.84. The number of aliphatic imine (C=N–C) groups is 1. The summed E-state index contributed by atoms with van der Waals surface area (Å²) in [6, 6.07) is 21.4. The molecule has 9 heteroatoms. The topological polar surface area (TPSA) is 80.2 Å². The van der Waals surface area contributed by atoms with Gasteiger partial charge in [-0.1, -0.05) is 52.3 Å². The number of halogens is 2. The lowest BCUT2D eigenvalue weighted by molar-refractivity contribution is -0.128. The molecule has 1 amide bonds. The molecule has 1 aliphatic rings. The molecule has 3 aromatic carbocycles. The average Bonchev–Trinajstić information content (AvgIpc) is 3.35. The standard InChI is InChI=1S/C31H32BrFN2O4S/c1-2-16-31(30(37)34-17-20-40-21-22-8-12-24(33)13-9-22)28(26-6-3-4-7-27(26)32)39-29(35-31)23-10-14-25(15-11-23)38-19-5-18-36/h2-4,6-15,28,36H,1,5,16-21H2,(H,34,37)/t28-,31-/m1/s1. The Balaban J connectivity index is 1.52. The minimum atomic E-state index is -1.25. The molecule has 0 bridgehead atoms. The van der Waals surface area contributed by atoms with Crippen molar-refractivity contribution in [3.05, 3.63) is 112 Å². The van der Waals surface area contributed by atoms with Crippen molar-refractivity contribution >= 4 is 39.5 Å². The molecule has 0 spiro atoms. The van der Waals surface area contributed by atoms with Crippen LogP contribution >= 0.6 is 27.7 Å². The number of carbonyl (C=O) groups is 1. The molecule has 3 aromatic rings. The molecule has 1 aliphatic heterocycles. The molecule has 0 fully saturated rings. The summed E-state index contributed by atoms with van der Waals surface area (Å²) in [5.41, 5.74) is 1.31. The van der Waals surface area contributed by atoms with Crippen LogP contribution in [0, 0.1) is 5.82 Å². The van der Waals surface area contributed by atoms with Crippen LogP contribution in [0.15, 0.2) is 94.9 Å². The van der Waals surface area contributed by atoms with Gasteiger partial charge in [-0.2, -0.15) is 11.8 Å². The minimum absolute atomic E-state index is 0.0690. The molecule has 210 valence electrons. The lowest BCUT2D eigenvalue weighted by Crippen LogP contribution is -2.48. The van der Waals surface area contributed by atoms with Crippen molar-refractivity contribution in [1.82, 2.24) is 5.32 Å². The largest absolute Gasteiger partial charge is 0.494 e. The Morgan fingerprint density at radius 1 is 1.18 bits per heavy atom. The molecule has 2 N–H and O–H groups in total. The van der Waals surface area contributed by atoms with Gasteiger partial charge in [-0.05, 0) is 48.0 Å². The monoisotopic (exact) mass is 626 g/mol. The van der Waals surface area contributed by atoms with Crippen molar-refractivity contribution in [1.29, 1.82) is 0 Å². The number of rotatable bonds is 14. The Kier molecular flexibility index (Phi) is 10.8. The highest BCUT2D eigenvalue weighted by atomic mass is 79.9. The summed E-state index contributed by atoms with van der Waals surface area (Å²) < 4.78 is 26.1. The number of hydrogen-bond donors (Lipinski definition) is 2. The molecule has 0 radical (unpaired) electrons. The molecule has 4 rings (SSSR count). The third-order valence-electron chi connectivity index (χ3n) is 6.39. The smallest absolute Gasteiger partial charge is 0.252 e. The van der Waals surface area contributed by atoms with Crippen LogP contribution < -0.4 is 10.1 Å². The highest BCUT2D eigenvalue weighted by Crippen LogP contribution is 2.44. The number of aliphatic hydroxyl groups excluding tert-OH is 1. The van der Waals surface area contributed by atoms with Crippen LogP contribution in [0.5, 0.6) is 5.75 Å².